The summed E-state index contributed by atoms with van der Waals surface area (Å²) in [7, 11) is 1.72. The largest absolute Gasteiger partial charge is 0.384 e. The van der Waals surface area contributed by atoms with Crippen LogP contribution in [0.25, 0.3) is 16.2 Å². The van der Waals surface area contributed by atoms with Crippen molar-refractivity contribution in [2.75, 3.05) is 13.7 Å². The third kappa shape index (κ3) is 2.52. The van der Waals surface area contributed by atoms with Gasteiger partial charge in [0.05, 0.1) is 18.5 Å². The molecule has 3 rings (SSSR count). The van der Waals surface area contributed by atoms with E-state index in [1.54, 1.807) is 18.4 Å². The second-order valence-electron chi connectivity index (χ2n) is 4.41. The lowest BCUT2D eigenvalue weighted by Crippen LogP contribution is -1.93. The topological polar surface area (TPSA) is 39.4 Å². The number of methoxy groups -OCH3 is 1. The van der Waals surface area contributed by atoms with E-state index >= 15 is 0 Å². The molecule has 98 valence electrons. The first kappa shape index (κ1) is 12.3. The maximum atomic E-state index is 5.08. The van der Waals surface area contributed by atoms with E-state index in [9.17, 15) is 0 Å². The molecule has 0 saturated carbocycles. The summed E-state index contributed by atoms with van der Waals surface area (Å²) in [5.74, 6) is 0. The van der Waals surface area contributed by atoms with Crippen molar-refractivity contribution in [3.8, 4) is 11.3 Å². The first-order chi connectivity index (χ1) is 9.26. The highest BCUT2D eigenvalue weighted by Crippen LogP contribution is 2.22. The van der Waals surface area contributed by atoms with Crippen LogP contribution in [0.2, 0.25) is 0 Å². The van der Waals surface area contributed by atoms with Gasteiger partial charge >= 0.3 is 0 Å². The van der Waals surface area contributed by atoms with E-state index < -0.39 is 0 Å². The SMILES string of the molecule is COCCc1ccc(-c2cn3nc(C)sc3n2)cc1. The zero-order valence-corrected chi connectivity index (χ0v) is 11.8. The molecule has 0 saturated heterocycles. The van der Waals surface area contributed by atoms with Crippen molar-refractivity contribution >= 4 is 16.3 Å². The molecule has 0 amide bonds. The second kappa shape index (κ2) is 5.11. The molecule has 0 fully saturated rings. The van der Waals surface area contributed by atoms with E-state index in [1.807, 2.05) is 17.6 Å². The summed E-state index contributed by atoms with van der Waals surface area (Å²) >= 11 is 1.61. The lowest BCUT2D eigenvalue weighted by atomic mass is 10.1. The van der Waals surface area contributed by atoms with Crippen LogP contribution in [0.5, 0.6) is 0 Å². The summed E-state index contributed by atoms with van der Waals surface area (Å²) in [6, 6.07) is 8.45. The van der Waals surface area contributed by atoms with Crippen molar-refractivity contribution in [1.29, 1.82) is 0 Å². The number of ether oxygens (including phenoxy) is 1. The minimum Gasteiger partial charge on any atom is -0.384 e. The number of hydrogen-bond donors (Lipinski definition) is 0. The van der Waals surface area contributed by atoms with Gasteiger partial charge in [0.25, 0.3) is 0 Å². The fourth-order valence-electron chi connectivity index (χ4n) is 2.00. The third-order valence-corrected chi connectivity index (χ3v) is 3.83. The van der Waals surface area contributed by atoms with E-state index in [4.69, 9.17) is 4.74 Å². The number of rotatable bonds is 4. The summed E-state index contributed by atoms with van der Waals surface area (Å²) in [4.78, 5) is 5.53. The molecule has 0 radical (unpaired) electrons. The number of hydrogen-bond acceptors (Lipinski definition) is 4. The maximum absolute atomic E-state index is 5.08. The van der Waals surface area contributed by atoms with Crippen LogP contribution in [0.1, 0.15) is 10.6 Å². The first-order valence-electron chi connectivity index (χ1n) is 6.17. The molecular weight excluding hydrogens is 258 g/mol. The molecule has 0 aliphatic rings. The molecule has 3 aromatic rings. The summed E-state index contributed by atoms with van der Waals surface area (Å²) < 4.78 is 6.92. The van der Waals surface area contributed by atoms with Gasteiger partial charge < -0.3 is 4.74 Å². The molecule has 0 unspecified atom stereocenters. The highest BCUT2D eigenvalue weighted by Gasteiger charge is 2.07. The Morgan fingerprint density at radius 1 is 1.26 bits per heavy atom. The van der Waals surface area contributed by atoms with Crippen LogP contribution in [0, 0.1) is 6.92 Å². The Labute approximate surface area is 115 Å². The summed E-state index contributed by atoms with van der Waals surface area (Å²) in [5, 5.41) is 5.40. The molecule has 0 N–H and O–H groups in total. The van der Waals surface area contributed by atoms with Crippen molar-refractivity contribution in [1.82, 2.24) is 14.6 Å². The van der Waals surface area contributed by atoms with E-state index in [1.165, 1.54) is 5.56 Å². The molecule has 0 aliphatic carbocycles. The molecule has 0 atom stereocenters. The van der Waals surface area contributed by atoms with Crippen molar-refractivity contribution < 1.29 is 4.74 Å². The van der Waals surface area contributed by atoms with Crippen LogP contribution in [-0.4, -0.2) is 28.3 Å². The van der Waals surface area contributed by atoms with Crippen LogP contribution < -0.4 is 0 Å². The third-order valence-electron chi connectivity index (χ3n) is 2.99. The normalized spacial score (nSPS) is 11.3. The van der Waals surface area contributed by atoms with Gasteiger partial charge in [-0.05, 0) is 18.9 Å². The van der Waals surface area contributed by atoms with Gasteiger partial charge in [-0.1, -0.05) is 35.6 Å². The monoisotopic (exact) mass is 273 g/mol. The smallest absolute Gasteiger partial charge is 0.212 e. The fraction of sp³-hybridized carbons (Fsp3) is 0.286. The number of fused-ring (bicyclic) bond motifs is 1. The highest BCUT2D eigenvalue weighted by atomic mass is 32.1. The van der Waals surface area contributed by atoms with Crippen molar-refractivity contribution in [3.63, 3.8) is 0 Å². The number of aryl methyl sites for hydroxylation is 1. The fourth-order valence-corrected chi connectivity index (χ4v) is 2.72. The van der Waals surface area contributed by atoms with Crippen molar-refractivity contribution in [2.45, 2.75) is 13.3 Å². The molecule has 0 bridgehead atoms. The van der Waals surface area contributed by atoms with Crippen molar-refractivity contribution in [2.24, 2.45) is 0 Å². The van der Waals surface area contributed by atoms with E-state index in [0.29, 0.717) is 0 Å². The second-order valence-corrected chi connectivity index (χ2v) is 5.57. The Morgan fingerprint density at radius 2 is 2.05 bits per heavy atom. The number of benzene rings is 1. The minimum absolute atomic E-state index is 0.753. The van der Waals surface area contributed by atoms with Crippen molar-refractivity contribution in [3.05, 3.63) is 41.0 Å². The molecule has 0 aliphatic heterocycles. The summed E-state index contributed by atoms with van der Waals surface area (Å²) in [6.07, 6.45) is 2.92. The predicted molar refractivity (Wildman–Crippen MR) is 76.6 cm³/mol. The van der Waals surface area contributed by atoms with Crippen LogP contribution in [0.15, 0.2) is 30.5 Å². The van der Waals surface area contributed by atoms with Gasteiger partial charge in [0.1, 0.15) is 5.01 Å². The van der Waals surface area contributed by atoms with Gasteiger partial charge in [-0.25, -0.2) is 9.50 Å². The average Bonchev–Trinajstić information content (AvgIpc) is 2.94. The maximum Gasteiger partial charge on any atom is 0.212 e. The van der Waals surface area contributed by atoms with E-state index in [-0.39, 0.29) is 0 Å². The molecular formula is C14H15N3OS. The highest BCUT2D eigenvalue weighted by molar-refractivity contribution is 7.16. The van der Waals surface area contributed by atoms with Gasteiger partial charge in [0, 0.05) is 12.7 Å². The Morgan fingerprint density at radius 3 is 2.74 bits per heavy atom. The number of nitrogens with zero attached hydrogens (tertiary/aromatic N) is 3. The Kier molecular flexibility index (Phi) is 3.31. The summed E-state index contributed by atoms with van der Waals surface area (Å²) in [5.41, 5.74) is 3.37. The molecule has 4 nitrogen and oxygen atoms in total. The predicted octanol–water partition coefficient (Wildman–Crippen LogP) is 2.96. The molecule has 0 spiro atoms. The molecule has 2 heterocycles. The average molecular weight is 273 g/mol. The van der Waals surface area contributed by atoms with Crippen LogP contribution >= 0.6 is 11.3 Å². The van der Waals surface area contributed by atoms with Gasteiger partial charge in [-0.15, -0.1) is 0 Å². The molecule has 2 aromatic heterocycles. The van der Waals surface area contributed by atoms with Gasteiger partial charge in [-0.2, -0.15) is 5.10 Å². The Balaban J connectivity index is 1.86. The van der Waals surface area contributed by atoms with Gasteiger partial charge in [0.2, 0.25) is 4.96 Å². The molecule has 1 aromatic carbocycles. The number of aromatic nitrogens is 3. The molecule has 5 heteroatoms. The van der Waals surface area contributed by atoms with Crippen LogP contribution in [-0.2, 0) is 11.2 Å². The zero-order valence-electron chi connectivity index (χ0n) is 11.0. The Hall–Kier alpha value is -1.72. The quantitative estimate of drug-likeness (QED) is 0.733. The van der Waals surface area contributed by atoms with E-state index in [2.05, 4.69) is 34.3 Å². The first-order valence-corrected chi connectivity index (χ1v) is 6.99. The Bertz CT molecular complexity index is 653. The van der Waals surface area contributed by atoms with Crippen LogP contribution in [0.4, 0.5) is 0 Å². The van der Waals surface area contributed by atoms with Gasteiger partial charge in [-0.3, -0.25) is 0 Å². The zero-order chi connectivity index (χ0) is 13.2. The standard InChI is InChI=1S/C14H15N3OS/c1-10-16-17-9-13(15-14(17)19-10)12-5-3-11(4-6-12)7-8-18-2/h3-6,9H,7-8H2,1-2H3. The number of imidazole rings is 1. The lowest BCUT2D eigenvalue weighted by molar-refractivity contribution is 0.202. The molecule has 19 heavy (non-hydrogen) atoms. The summed E-state index contributed by atoms with van der Waals surface area (Å²) in [6.45, 7) is 2.74. The van der Waals surface area contributed by atoms with Crippen LogP contribution in [0.3, 0.4) is 0 Å². The van der Waals surface area contributed by atoms with E-state index in [0.717, 1.165) is 34.3 Å². The lowest BCUT2D eigenvalue weighted by Gasteiger charge is -2.01. The minimum atomic E-state index is 0.753. The van der Waals surface area contributed by atoms with Gasteiger partial charge in [0.15, 0.2) is 0 Å².